The second-order valence-corrected chi connectivity index (χ2v) is 11.5. The lowest BCUT2D eigenvalue weighted by atomic mass is 10.0. The average molecular weight is 712 g/mol. The molecular formula is C26H45N7O12S2. The van der Waals surface area contributed by atoms with Crippen molar-refractivity contribution in [2.45, 2.75) is 82.3 Å². The van der Waals surface area contributed by atoms with Crippen LogP contribution in [0.15, 0.2) is 0 Å². The minimum absolute atomic E-state index is 0.0160. The predicted octanol–water partition coefficient (Wildman–Crippen LogP) is -4.92. The van der Waals surface area contributed by atoms with Gasteiger partial charge in [-0.2, -0.15) is 25.3 Å². The summed E-state index contributed by atoms with van der Waals surface area (Å²) in [6.45, 7) is 2.74. The molecule has 0 aliphatic rings. The van der Waals surface area contributed by atoms with Crippen molar-refractivity contribution in [1.82, 2.24) is 31.9 Å². The Labute approximate surface area is 281 Å². The van der Waals surface area contributed by atoms with Gasteiger partial charge in [0.2, 0.25) is 35.4 Å². The molecule has 6 amide bonds. The highest BCUT2D eigenvalue weighted by molar-refractivity contribution is 7.80. The third-order valence-corrected chi connectivity index (χ3v) is 7.09. The topological polar surface area (TPSA) is 316 Å². The van der Waals surface area contributed by atoms with Gasteiger partial charge < -0.3 is 58.1 Å². The lowest BCUT2D eigenvalue weighted by Crippen LogP contribution is -2.60. The molecule has 0 aromatic rings. The van der Waals surface area contributed by atoms with Crippen molar-refractivity contribution < 1.29 is 58.8 Å². The van der Waals surface area contributed by atoms with Crippen LogP contribution >= 0.6 is 25.3 Å². The smallest absolute Gasteiger partial charge is 0.327 e. The van der Waals surface area contributed by atoms with Gasteiger partial charge in [-0.3, -0.25) is 33.6 Å². The third-order valence-electron chi connectivity index (χ3n) is 6.33. The molecule has 7 atom stereocenters. The van der Waals surface area contributed by atoms with Gasteiger partial charge in [0.1, 0.15) is 36.3 Å². The number of hydrogen-bond acceptors (Lipinski definition) is 13. The van der Waals surface area contributed by atoms with Crippen LogP contribution in [0, 0.1) is 5.92 Å². The summed E-state index contributed by atoms with van der Waals surface area (Å²) in [5, 5.41) is 51.3. The van der Waals surface area contributed by atoms with Gasteiger partial charge in [0, 0.05) is 17.9 Å². The molecule has 21 heteroatoms. The summed E-state index contributed by atoms with van der Waals surface area (Å²) >= 11 is 7.76. The van der Waals surface area contributed by atoms with Gasteiger partial charge in [-0.1, -0.05) is 13.8 Å². The van der Waals surface area contributed by atoms with E-state index in [9.17, 15) is 53.7 Å². The van der Waals surface area contributed by atoms with E-state index in [1.165, 1.54) is 6.92 Å². The van der Waals surface area contributed by atoms with Crippen LogP contribution in [-0.4, -0.2) is 135 Å². The number of aliphatic hydroxyl groups excluding tert-OH is 2. The number of amides is 6. The number of nitrogens with one attached hydrogen (secondary N) is 6. The van der Waals surface area contributed by atoms with Crippen LogP contribution < -0.4 is 37.6 Å². The van der Waals surface area contributed by atoms with E-state index in [1.54, 1.807) is 13.8 Å². The quantitative estimate of drug-likeness (QED) is 0.0469. The van der Waals surface area contributed by atoms with Crippen LogP contribution in [-0.2, 0) is 38.4 Å². The van der Waals surface area contributed by atoms with Crippen molar-refractivity contribution in [3.05, 3.63) is 0 Å². The average Bonchev–Trinajstić information content (AvgIpc) is 3.00. The number of carbonyl (C=O) groups is 8. The SMILES string of the molecule is CC(C)C[C@H](NC(=O)[C@H](CO)NC(=O)[C@H](CCC(=O)O)NC(=O)[C@H](CO)NC(=O)[C@H](C)NC(=O)[C@@H](N)CS)C(=O)N[C@@H](CS)C(=O)O. The molecule has 0 saturated heterocycles. The van der Waals surface area contributed by atoms with Gasteiger partial charge >= 0.3 is 11.9 Å². The van der Waals surface area contributed by atoms with E-state index in [2.05, 4.69) is 57.2 Å². The molecule has 0 rings (SSSR count). The molecule has 0 saturated carbocycles. The molecular weight excluding hydrogens is 666 g/mol. The number of carbonyl (C=O) groups excluding carboxylic acids is 6. The maximum absolute atomic E-state index is 13.1. The molecule has 47 heavy (non-hydrogen) atoms. The molecule has 0 heterocycles. The van der Waals surface area contributed by atoms with E-state index < -0.39 is 116 Å². The van der Waals surface area contributed by atoms with Crippen LogP contribution in [0.1, 0.15) is 40.0 Å². The fourth-order valence-corrected chi connectivity index (χ4v) is 4.08. The van der Waals surface area contributed by atoms with Crippen LogP contribution in [0.5, 0.6) is 0 Å². The molecule has 0 aromatic heterocycles. The van der Waals surface area contributed by atoms with Crippen LogP contribution in [0.25, 0.3) is 0 Å². The first-order valence-corrected chi connectivity index (χ1v) is 15.6. The Balaban J connectivity index is 5.76. The van der Waals surface area contributed by atoms with E-state index in [0.717, 1.165) is 0 Å². The molecule has 0 radical (unpaired) electrons. The third kappa shape index (κ3) is 16.1. The van der Waals surface area contributed by atoms with Crippen molar-refractivity contribution in [2.24, 2.45) is 11.7 Å². The summed E-state index contributed by atoms with van der Waals surface area (Å²) in [6.07, 6.45) is -1.13. The molecule has 0 bridgehead atoms. The van der Waals surface area contributed by atoms with E-state index in [0.29, 0.717) is 0 Å². The van der Waals surface area contributed by atoms with Crippen LogP contribution in [0.2, 0.25) is 0 Å². The van der Waals surface area contributed by atoms with Crippen molar-refractivity contribution in [1.29, 1.82) is 0 Å². The van der Waals surface area contributed by atoms with Gasteiger partial charge in [0.25, 0.3) is 0 Å². The monoisotopic (exact) mass is 711 g/mol. The standard InChI is InChI=1S/C26H45N7O12S2/c1-11(2)6-15(23(41)33-18(10-47)26(44)45)30-25(43)17(8-35)32-22(40)14(4-5-19(36)37)29-24(42)16(7-34)31-20(38)12(3)28-21(39)13(27)9-46/h11-18,34-35,46-47H,4-10,27H2,1-3H3,(H,28,39)(H,29,42)(H,30,43)(H,31,38)(H,32,40)(H,33,41)(H,36,37)(H,44,45)/t12-,13-,14-,15-,16-,17-,18-/m0/s1. The summed E-state index contributed by atoms with van der Waals surface area (Å²) in [6, 6.07) is -9.92. The molecule has 0 aliphatic carbocycles. The van der Waals surface area contributed by atoms with Crippen LogP contribution in [0.3, 0.4) is 0 Å². The number of carboxylic acids is 2. The molecule has 0 fully saturated rings. The summed E-state index contributed by atoms with van der Waals surface area (Å²) < 4.78 is 0. The van der Waals surface area contributed by atoms with E-state index in [1.807, 2.05) is 0 Å². The Morgan fingerprint density at radius 2 is 1.02 bits per heavy atom. The fourth-order valence-electron chi connectivity index (χ4n) is 3.67. The number of hydrogen-bond donors (Lipinski definition) is 13. The number of nitrogens with two attached hydrogens (primary N) is 1. The lowest BCUT2D eigenvalue weighted by molar-refractivity contribution is -0.142. The lowest BCUT2D eigenvalue weighted by Gasteiger charge is -2.26. The highest BCUT2D eigenvalue weighted by Gasteiger charge is 2.33. The predicted molar refractivity (Wildman–Crippen MR) is 171 cm³/mol. The molecule has 0 unspecified atom stereocenters. The molecule has 12 N–H and O–H groups in total. The Morgan fingerprint density at radius 1 is 0.596 bits per heavy atom. The first-order valence-electron chi connectivity index (χ1n) is 14.4. The molecule has 0 aliphatic heterocycles. The minimum Gasteiger partial charge on any atom is -0.481 e. The minimum atomic E-state index is -1.71. The highest BCUT2D eigenvalue weighted by atomic mass is 32.1. The number of aliphatic carboxylic acids is 2. The van der Waals surface area contributed by atoms with E-state index in [-0.39, 0.29) is 23.8 Å². The number of carboxylic acid groups (broad SMARTS) is 2. The summed E-state index contributed by atoms with van der Waals surface area (Å²) in [4.78, 5) is 98.7. The van der Waals surface area contributed by atoms with Gasteiger partial charge in [-0.05, 0) is 25.7 Å². The number of aliphatic hydroxyl groups is 2. The maximum Gasteiger partial charge on any atom is 0.327 e. The molecule has 19 nitrogen and oxygen atoms in total. The largest absolute Gasteiger partial charge is 0.481 e. The summed E-state index contributed by atoms with van der Waals surface area (Å²) in [5.74, 6) is -8.96. The molecule has 0 aromatic carbocycles. The summed E-state index contributed by atoms with van der Waals surface area (Å²) in [7, 11) is 0. The van der Waals surface area contributed by atoms with Gasteiger partial charge in [0.05, 0.1) is 19.3 Å². The molecule has 268 valence electrons. The highest BCUT2D eigenvalue weighted by Crippen LogP contribution is 2.07. The molecule has 0 spiro atoms. The number of rotatable bonds is 22. The Morgan fingerprint density at radius 3 is 1.45 bits per heavy atom. The van der Waals surface area contributed by atoms with Crippen molar-refractivity contribution >= 4 is 72.6 Å². The first kappa shape index (κ1) is 43.3. The van der Waals surface area contributed by atoms with Crippen molar-refractivity contribution in [2.75, 3.05) is 24.7 Å². The second-order valence-electron chi connectivity index (χ2n) is 10.8. The maximum atomic E-state index is 13.1. The van der Waals surface area contributed by atoms with Gasteiger partial charge in [-0.15, -0.1) is 0 Å². The second kappa shape index (κ2) is 22.0. The Hall–Kier alpha value is -3.66. The zero-order valence-electron chi connectivity index (χ0n) is 26.1. The Kier molecular flexibility index (Phi) is 20.3. The zero-order chi connectivity index (χ0) is 36.4. The van der Waals surface area contributed by atoms with Crippen molar-refractivity contribution in [3.8, 4) is 0 Å². The van der Waals surface area contributed by atoms with Crippen LogP contribution in [0.4, 0.5) is 0 Å². The fraction of sp³-hybridized carbons (Fsp3) is 0.692. The van der Waals surface area contributed by atoms with Gasteiger partial charge in [0.15, 0.2) is 0 Å². The zero-order valence-corrected chi connectivity index (χ0v) is 27.9. The first-order chi connectivity index (χ1) is 21.9. The summed E-state index contributed by atoms with van der Waals surface area (Å²) in [5.41, 5.74) is 5.54. The van der Waals surface area contributed by atoms with Crippen molar-refractivity contribution in [3.63, 3.8) is 0 Å². The normalized spacial score (nSPS) is 15.4. The van der Waals surface area contributed by atoms with E-state index >= 15 is 0 Å². The Bertz CT molecular complexity index is 1130. The van der Waals surface area contributed by atoms with Gasteiger partial charge in [-0.25, -0.2) is 4.79 Å². The van der Waals surface area contributed by atoms with E-state index in [4.69, 9.17) is 10.8 Å². The number of thiol groups is 2.